The zero-order chi connectivity index (χ0) is 5.11. The van der Waals surface area contributed by atoms with E-state index in [9.17, 15) is 0 Å². The van der Waals surface area contributed by atoms with Crippen molar-refractivity contribution >= 4 is 0 Å². The molecule has 0 amide bonds. The van der Waals surface area contributed by atoms with Gasteiger partial charge in [0.15, 0.2) is 0 Å². The van der Waals surface area contributed by atoms with E-state index in [4.69, 9.17) is 5.11 Å². The highest BCUT2D eigenvalue weighted by Gasteiger charge is 1.95. The lowest BCUT2D eigenvalue weighted by Crippen LogP contribution is -2.35. The molecular formula is C3H7N3O. The van der Waals surface area contributed by atoms with Crippen molar-refractivity contribution in [3.05, 3.63) is 12.4 Å². The fraction of sp³-hybridized carbons (Fsp3) is 0.333. The van der Waals surface area contributed by atoms with Crippen LogP contribution in [0.2, 0.25) is 0 Å². The van der Waals surface area contributed by atoms with Gasteiger partial charge < -0.3 is 10.5 Å². The summed E-state index contributed by atoms with van der Waals surface area (Å²) >= 11 is 0. The van der Waals surface area contributed by atoms with Crippen molar-refractivity contribution in [3.8, 4) is 0 Å². The summed E-state index contributed by atoms with van der Waals surface area (Å²) in [5.41, 5.74) is 5.29. The molecule has 0 radical (unpaired) electrons. The van der Waals surface area contributed by atoms with Crippen molar-refractivity contribution in [2.24, 2.45) is 0 Å². The first-order valence-corrected chi connectivity index (χ1v) is 1.99. The first-order valence-electron chi connectivity index (χ1n) is 1.99. The highest BCUT2D eigenvalue weighted by atomic mass is 16.3. The molecular weight excluding hydrogens is 94.1 g/mol. The zero-order valence-electron chi connectivity index (χ0n) is 3.76. The van der Waals surface area contributed by atoms with Gasteiger partial charge in [0, 0.05) is 12.4 Å². The van der Waals surface area contributed by atoms with Crippen molar-refractivity contribution in [2.45, 2.75) is 0 Å². The second-order valence-corrected chi connectivity index (χ2v) is 1.18. The van der Waals surface area contributed by atoms with Crippen molar-refractivity contribution in [1.82, 2.24) is 16.0 Å². The molecule has 0 aromatic rings. The van der Waals surface area contributed by atoms with Crippen LogP contribution in [0.4, 0.5) is 0 Å². The van der Waals surface area contributed by atoms with Crippen LogP contribution in [0.15, 0.2) is 12.4 Å². The Balaban J connectivity index is 2.28. The molecule has 4 nitrogen and oxygen atoms in total. The summed E-state index contributed by atoms with van der Waals surface area (Å²) in [5, 5.41) is 9.84. The Morgan fingerprint density at radius 1 is 1.71 bits per heavy atom. The summed E-state index contributed by atoms with van der Waals surface area (Å²) in [6, 6.07) is 0. The van der Waals surface area contributed by atoms with Crippen LogP contribution < -0.4 is 11.0 Å². The number of hydrogen-bond acceptors (Lipinski definition) is 4. The topological polar surface area (TPSA) is 47.5 Å². The molecule has 0 saturated heterocycles. The summed E-state index contributed by atoms with van der Waals surface area (Å²) in [7, 11) is 0. The Bertz CT molecular complexity index is 82.2. The van der Waals surface area contributed by atoms with Gasteiger partial charge in [-0.25, -0.2) is 0 Å². The summed E-state index contributed by atoms with van der Waals surface area (Å²) < 4.78 is 0. The quantitative estimate of drug-likeness (QED) is 0.385. The highest BCUT2D eigenvalue weighted by molar-refractivity contribution is 4.80. The van der Waals surface area contributed by atoms with Gasteiger partial charge in [-0.2, -0.15) is 0 Å². The van der Waals surface area contributed by atoms with Gasteiger partial charge in [-0.05, 0) is 0 Å². The second kappa shape index (κ2) is 1.81. The molecule has 40 valence electrons. The van der Waals surface area contributed by atoms with Crippen LogP contribution in [-0.2, 0) is 0 Å². The molecule has 0 aromatic carbocycles. The van der Waals surface area contributed by atoms with E-state index in [0.29, 0.717) is 0 Å². The highest BCUT2D eigenvalue weighted by Crippen LogP contribution is 1.82. The van der Waals surface area contributed by atoms with Crippen LogP contribution in [0.1, 0.15) is 0 Å². The number of hydrogen-bond donors (Lipinski definition) is 3. The third-order valence-corrected chi connectivity index (χ3v) is 0.698. The normalized spacial score (nSPS) is 17.6. The molecule has 0 unspecified atom stereocenters. The molecule has 4 heteroatoms. The predicted octanol–water partition coefficient (Wildman–Crippen LogP) is -1.27. The smallest absolute Gasteiger partial charge is 0.131 e. The average molecular weight is 101 g/mol. The van der Waals surface area contributed by atoms with Gasteiger partial charge in [-0.1, -0.05) is 0 Å². The molecule has 0 bridgehead atoms. The lowest BCUT2D eigenvalue weighted by molar-refractivity contribution is 0.109. The molecule has 0 saturated carbocycles. The Kier molecular flexibility index (Phi) is 1.14. The number of rotatable bonds is 1. The van der Waals surface area contributed by atoms with Crippen LogP contribution in [0.25, 0.3) is 0 Å². The molecule has 1 aliphatic heterocycles. The standard InChI is InChI=1S/C3H7N3O/c7-3-6-2-1-4-5-6/h1-2,4-5,7H,3H2. The van der Waals surface area contributed by atoms with Gasteiger partial charge in [0.25, 0.3) is 0 Å². The van der Waals surface area contributed by atoms with Gasteiger partial charge in [-0.15, -0.1) is 5.53 Å². The molecule has 1 heterocycles. The van der Waals surface area contributed by atoms with Gasteiger partial charge in [0.1, 0.15) is 6.73 Å². The maximum absolute atomic E-state index is 8.34. The fourth-order valence-corrected chi connectivity index (χ4v) is 0.367. The van der Waals surface area contributed by atoms with E-state index in [1.807, 2.05) is 0 Å². The molecule has 3 N–H and O–H groups in total. The second-order valence-electron chi connectivity index (χ2n) is 1.18. The molecule has 0 fully saturated rings. The molecule has 0 spiro atoms. The number of nitrogens with one attached hydrogen (secondary N) is 2. The monoisotopic (exact) mass is 101 g/mol. The fourth-order valence-electron chi connectivity index (χ4n) is 0.367. The van der Waals surface area contributed by atoms with Crippen molar-refractivity contribution in [2.75, 3.05) is 6.73 Å². The summed E-state index contributed by atoms with van der Waals surface area (Å²) in [6.45, 7) is -0.0104. The number of aliphatic hydroxyl groups excluding tert-OH is 1. The van der Waals surface area contributed by atoms with Crippen molar-refractivity contribution < 1.29 is 5.11 Å². The van der Waals surface area contributed by atoms with Crippen molar-refractivity contribution in [3.63, 3.8) is 0 Å². The SMILES string of the molecule is OCN1C=CNN1. The van der Waals surface area contributed by atoms with E-state index in [2.05, 4.69) is 11.0 Å². The Labute approximate surface area is 41.4 Å². The van der Waals surface area contributed by atoms with Crippen molar-refractivity contribution in [1.29, 1.82) is 0 Å². The minimum atomic E-state index is -0.0104. The van der Waals surface area contributed by atoms with E-state index in [1.54, 1.807) is 12.4 Å². The minimum Gasteiger partial charge on any atom is -0.375 e. The minimum absolute atomic E-state index is 0.0104. The number of hydrazine groups is 2. The van der Waals surface area contributed by atoms with Crippen LogP contribution >= 0.6 is 0 Å². The van der Waals surface area contributed by atoms with Crippen LogP contribution in [0, 0.1) is 0 Å². The number of aliphatic hydroxyl groups is 1. The third-order valence-electron chi connectivity index (χ3n) is 0.698. The lowest BCUT2D eigenvalue weighted by atomic mass is 10.9. The average Bonchev–Trinajstić information content (AvgIpc) is 2.14. The Morgan fingerprint density at radius 3 is 2.86 bits per heavy atom. The largest absolute Gasteiger partial charge is 0.375 e. The maximum atomic E-state index is 8.34. The zero-order valence-corrected chi connectivity index (χ0v) is 3.76. The van der Waals surface area contributed by atoms with Crippen LogP contribution in [0.5, 0.6) is 0 Å². The molecule has 0 atom stereocenters. The lowest BCUT2D eigenvalue weighted by Gasteiger charge is -2.09. The molecule has 7 heavy (non-hydrogen) atoms. The molecule has 1 rings (SSSR count). The summed E-state index contributed by atoms with van der Waals surface area (Å²) in [4.78, 5) is 0. The first kappa shape index (κ1) is 4.42. The first-order chi connectivity index (χ1) is 3.43. The summed E-state index contributed by atoms with van der Waals surface area (Å²) in [6.07, 6.45) is 3.39. The predicted molar refractivity (Wildman–Crippen MR) is 24.3 cm³/mol. The molecule has 0 aromatic heterocycles. The van der Waals surface area contributed by atoms with E-state index >= 15 is 0 Å². The van der Waals surface area contributed by atoms with Gasteiger partial charge in [0.2, 0.25) is 0 Å². The van der Waals surface area contributed by atoms with E-state index < -0.39 is 0 Å². The molecule has 0 aliphatic carbocycles. The van der Waals surface area contributed by atoms with Gasteiger partial charge >= 0.3 is 0 Å². The van der Waals surface area contributed by atoms with E-state index in [0.717, 1.165) is 0 Å². The third kappa shape index (κ3) is 0.819. The Morgan fingerprint density at radius 2 is 2.57 bits per heavy atom. The van der Waals surface area contributed by atoms with E-state index in [-0.39, 0.29) is 6.73 Å². The van der Waals surface area contributed by atoms with Crippen LogP contribution in [0.3, 0.4) is 0 Å². The summed E-state index contributed by atoms with van der Waals surface area (Å²) in [5.74, 6) is 0. The maximum Gasteiger partial charge on any atom is 0.131 e. The number of nitrogens with zero attached hydrogens (tertiary/aromatic N) is 1. The Hall–Kier alpha value is -0.740. The molecule has 1 aliphatic rings. The van der Waals surface area contributed by atoms with E-state index in [1.165, 1.54) is 5.01 Å². The van der Waals surface area contributed by atoms with Crippen LogP contribution in [-0.4, -0.2) is 16.8 Å². The van der Waals surface area contributed by atoms with Gasteiger partial charge in [0.05, 0.1) is 0 Å². The van der Waals surface area contributed by atoms with Gasteiger partial charge in [-0.3, -0.25) is 5.01 Å².